The van der Waals surface area contributed by atoms with Gasteiger partial charge in [-0.2, -0.15) is 0 Å². The topological polar surface area (TPSA) is 57.6 Å². The minimum absolute atomic E-state index is 0.104. The lowest BCUT2D eigenvalue weighted by molar-refractivity contribution is -0.124. The number of hydrogen-bond donors (Lipinski definition) is 1. The second kappa shape index (κ2) is 3.96. The van der Waals surface area contributed by atoms with Crippen LogP contribution in [0.25, 0.3) is 0 Å². The highest BCUT2D eigenvalue weighted by atomic mass is 16.3. The molecule has 0 spiro atoms. The van der Waals surface area contributed by atoms with Crippen molar-refractivity contribution in [3.63, 3.8) is 0 Å². The van der Waals surface area contributed by atoms with Crippen LogP contribution in [0.2, 0.25) is 0 Å². The fourth-order valence-electron chi connectivity index (χ4n) is 2.00. The largest absolute Gasteiger partial charge is 0.392 e. The molecule has 1 aliphatic rings. The second-order valence-electron chi connectivity index (χ2n) is 4.92. The number of aliphatic hydroxyl groups is 1. The maximum atomic E-state index is 12.1. The van der Waals surface area contributed by atoms with Crippen LogP contribution in [0.4, 0.5) is 5.69 Å². The summed E-state index contributed by atoms with van der Waals surface area (Å²) in [7, 11) is 0. The van der Waals surface area contributed by atoms with Gasteiger partial charge < -0.3 is 5.11 Å². The molecule has 1 aromatic carbocycles. The molecule has 0 unspecified atom stereocenters. The third-order valence-corrected chi connectivity index (χ3v) is 2.98. The first kappa shape index (κ1) is 11.8. The highest BCUT2D eigenvalue weighted by Gasteiger charge is 2.45. The van der Waals surface area contributed by atoms with Crippen molar-refractivity contribution in [1.82, 2.24) is 0 Å². The van der Waals surface area contributed by atoms with Gasteiger partial charge in [0.05, 0.1) is 17.7 Å². The molecule has 0 atom stereocenters. The molecule has 0 aromatic heterocycles. The van der Waals surface area contributed by atoms with Gasteiger partial charge in [-0.3, -0.25) is 14.5 Å². The molecular weight excluding hydrogens is 218 g/mol. The number of nitrogens with zero attached hydrogens (tertiary/aromatic N) is 1. The van der Waals surface area contributed by atoms with Crippen molar-refractivity contribution in [3.05, 3.63) is 29.8 Å². The Morgan fingerprint density at radius 3 is 2.59 bits per heavy atom. The molecule has 1 aromatic rings. The molecule has 4 heteroatoms. The average molecular weight is 233 g/mol. The van der Waals surface area contributed by atoms with E-state index in [4.69, 9.17) is 5.11 Å². The summed E-state index contributed by atoms with van der Waals surface area (Å²) in [6.45, 7) is 3.43. The zero-order valence-electron chi connectivity index (χ0n) is 9.93. The van der Waals surface area contributed by atoms with Crippen molar-refractivity contribution in [2.24, 2.45) is 5.41 Å². The van der Waals surface area contributed by atoms with Crippen LogP contribution in [-0.2, 0) is 16.2 Å². The minimum Gasteiger partial charge on any atom is -0.392 e. The van der Waals surface area contributed by atoms with E-state index in [9.17, 15) is 9.59 Å². The SMILES string of the molecule is CC1(C)CC(=O)N(c2cccc(CO)c2)C1=O. The Morgan fingerprint density at radius 1 is 1.35 bits per heavy atom. The summed E-state index contributed by atoms with van der Waals surface area (Å²) >= 11 is 0. The van der Waals surface area contributed by atoms with Gasteiger partial charge in [0, 0.05) is 6.42 Å². The van der Waals surface area contributed by atoms with Crippen LogP contribution >= 0.6 is 0 Å². The van der Waals surface area contributed by atoms with Gasteiger partial charge in [0.15, 0.2) is 0 Å². The maximum absolute atomic E-state index is 12.1. The third kappa shape index (κ3) is 1.96. The van der Waals surface area contributed by atoms with Gasteiger partial charge in [-0.1, -0.05) is 26.0 Å². The standard InChI is InChI=1S/C13H15NO3/c1-13(2)7-11(16)14(12(13)17)10-5-3-4-9(6-10)8-15/h3-6,15H,7-8H2,1-2H3. The summed E-state index contributed by atoms with van der Waals surface area (Å²) in [5, 5.41) is 9.05. The van der Waals surface area contributed by atoms with E-state index in [1.54, 1.807) is 38.1 Å². The molecule has 1 heterocycles. The Hall–Kier alpha value is -1.68. The molecule has 17 heavy (non-hydrogen) atoms. The van der Waals surface area contributed by atoms with Gasteiger partial charge in [-0.25, -0.2) is 0 Å². The lowest BCUT2D eigenvalue weighted by atomic mass is 9.92. The minimum atomic E-state index is -0.633. The number of carbonyl (C=O) groups excluding carboxylic acids is 2. The first-order valence-corrected chi connectivity index (χ1v) is 5.53. The van der Waals surface area contributed by atoms with Gasteiger partial charge in [0.1, 0.15) is 0 Å². The zero-order chi connectivity index (χ0) is 12.6. The van der Waals surface area contributed by atoms with Crippen molar-refractivity contribution in [2.45, 2.75) is 26.9 Å². The summed E-state index contributed by atoms with van der Waals surface area (Å²) in [6.07, 6.45) is 0.231. The number of carbonyl (C=O) groups is 2. The van der Waals surface area contributed by atoms with E-state index < -0.39 is 5.41 Å². The van der Waals surface area contributed by atoms with E-state index in [0.29, 0.717) is 11.3 Å². The highest BCUT2D eigenvalue weighted by molar-refractivity contribution is 6.22. The lowest BCUT2D eigenvalue weighted by Crippen LogP contribution is -2.32. The summed E-state index contributed by atoms with van der Waals surface area (Å²) in [4.78, 5) is 25.1. The predicted octanol–water partition coefficient (Wildman–Crippen LogP) is 1.47. The van der Waals surface area contributed by atoms with E-state index in [-0.39, 0.29) is 24.8 Å². The molecule has 1 N–H and O–H groups in total. The Bertz CT molecular complexity index is 479. The summed E-state index contributed by atoms with van der Waals surface area (Å²) in [5.74, 6) is -0.368. The number of rotatable bonds is 2. The third-order valence-electron chi connectivity index (χ3n) is 2.98. The van der Waals surface area contributed by atoms with E-state index in [1.807, 2.05) is 0 Å². The fourth-order valence-corrected chi connectivity index (χ4v) is 2.00. The van der Waals surface area contributed by atoms with E-state index >= 15 is 0 Å². The molecule has 0 aliphatic carbocycles. The average Bonchev–Trinajstić information content (AvgIpc) is 2.48. The second-order valence-corrected chi connectivity index (χ2v) is 4.92. The molecule has 0 radical (unpaired) electrons. The lowest BCUT2D eigenvalue weighted by Gasteiger charge is -2.18. The van der Waals surface area contributed by atoms with Gasteiger partial charge in [0.25, 0.3) is 0 Å². The molecule has 0 bridgehead atoms. The molecule has 1 fully saturated rings. The smallest absolute Gasteiger partial charge is 0.239 e. The molecule has 90 valence electrons. The zero-order valence-corrected chi connectivity index (χ0v) is 9.93. The monoisotopic (exact) mass is 233 g/mol. The van der Waals surface area contributed by atoms with E-state index in [1.165, 1.54) is 4.90 Å². The fraction of sp³-hybridized carbons (Fsp3) is 0.385. The van der Waals surface area contributed by atoms with Crippen LogP contribution in [0.15, 0.2) is 24.3 Å². The Morgan fingerprint density at radius 2 is 2.06 bits per heavy atom. The van der Waals surface area contributed by atoms with Crippen LogP contribution in [0, 0.1) is 5.41 Å². The van der Waals surface area contributed by atoms with Crippen LogP contribution in [0.1, 0.15) is 25.8 Å². The molecule has 0 saturated carbocycles. The first-order chi connectivity index (χ1) is 7.95. The van der Waals surface area contributed by atoms with Gasteiger partial charge >= 0.3 is 0 Å². The van der Waals surface area contributed by atoms with E-state index in [0.717, 1.165) is 0 Å². The molecule has 2 rings (SSSR count). The Balaban J connectivity index is 2.40. The quantitative estimate of drug-likeness (QED) is 0.787. The normalized spacial score (nSPS) is 18.9. The number of imide groups is 1. The molecule has 1 saturated heterocycles. The van der Waals surface area contributed by atoms with E-state index in [2.05, 4.69) is 0 Å². The van der Waals surface area contributed by atoms with Crippen LogP contribution in [0.5, 0.6) is 0 Å². The first-order valence-electron chi connectivity index (χ1n) is 5.53. The van der Waals surface area contributed by atoms with Crippen LogP contribution in [-0.4, -0.2) is 16.9 Å². The van der Waals surface area contributed by atoms with Crippen molar-refractivity contribution in [2.75, 3.05) is 4.90 Å². The molecule has 1 aliphatic heterocycles. The Labute approximate surface area is 99.9 Å². The summed E-state index contributed by atoms with van der Waals surface area (Å²) < 4.78 is 0. The number of amides is 2. The van der Waals surface area contributed by atoms with Crippen LogP contribution < -0.4 is 4.90 Å². The maximum Gasteiger partial charge on any atom is 0.239 e. The predicted molar refractivity (Wildman–Crippen MR) is 63.3 cm³/mol. The van der Waals surface area contributed by atoms with Crippen molar-refractivity contribution in [1.29, 1.82) is 0 Å². The summed E-state index contributed by atoms with van der Waals surface area (Å²) in [6, 6.07) is 6.85. The van der Waals surface area contributed by atoms with Gasteiger partial charge in [0.2, 0.25) is 11.8 Å². The number of anilines is 1. The Kier molecular flexibility index (Phi) is 2.75. The van der Waals surface area contributed by atoms with Crippen molar-refractivity contribution >= 4 is 17.5 Å². The number of aliphatic hydroxyl groups excluding tert-OH is 1. The van der Waals surface area contributed by atoms with Gasteiger partial charge in [-0.05, 0) is 17.7 Å². The van der Waals surface area contributed by atoms with Gasteiger partial charge in [-0.15, -0.1) is 0 Å². The molecule has 2 amide bonds. The van der Waals surface area contributed by atoms with Crippen molar-refractivity contribution < 1.29 is 14.7 Å². The highest BCUT2D eigenvalue weighted by Crippen LogP contribution is 2.35. The summed E-state index contributed by atoms with van der Waals surface area (Å²) in [5.41, 5.74) is 0.594. The number of benzene rings is 1. The molecular formula is C13H15NO3. The van der Waals surface area contributed by atoms with Crippen molar-refractivity contribution in [3.8, 4) is 0 Å². The molecule has 4 nitrogen and oxygen atoms in total. The number of hydrogen-bond acceptors (Lipinski definition) is 3. The van der Waals surface area contributed by atoms with Crippen LogP contribution in [0.3, 0.4) is 0 Å².